The molecule has 0 unspecified atom stereocenters. The average Bonchev–Trinajstić information content (AvgIpc) is 2.86. The molecule has 1 N–H and O–H groups in total. The van der Waals surface area contributed by atoms with Gasteiger partial charge in [-0.1, -0.05) is 40.7 Å². The number of H-pyrrole nitrogens is 1. The second-order valence-electron chi connectivity index (χ2n) is 8.66. The third-order valence-electron chi connectivity index (χ3n) is 5.44. The number of fused-ring (bicyclic) bond motifs is 1. The zero-order chi connectivity index (χ0) is 17.5. The first-order valence-corrected chi connectivity index (χ1v) is 9.17. The molecule has 132 valence electrons. The van der Waals surface area contributed by atoms with Gasteiger partial charge in [0.05, 0.1) is 11.0 Å². The number of aromatic amines is 1. The van der Waals surface area contributed by atoms with Gasteiger partial charge in [0.15, 0.2) is 0 Å². The number of hydrogen-bond acceptors (Lipinski definition) is 3. The zero-order valence-corrected chi connectivity index (χ0v) is 15.6. The van der Waals surface area contributed by atoms with Crippen LogP contribution in [0.1, 0.15) is 71.7 Å². The molecule has 4 nitrogen and oxygen atoms in total. The molecular formula is C20H30N3O-. The molecule has 4 heteroatoms. The van der Waals surface area contributed by atoms with Crippen molar-refractivity contribution in [3.63, 3.8) is 0 Å². The zero-order valence-electron chi connectivity index (χ0n) is 15.6. The number of aryl methyl sites for hydroxylation is 1. The number of nitrogens with one attached hydrogen (secondary N) is 1. The van der Waals surface area contributed by atoms with E-state index in [1.807, 2.05) is 13.8 Å². The van der Waals surface area contributed by atoms with E-state index < -0.39 is 0 Å². The van der Waals surface area contributed by atoms with Gasteiger partial charge in [0.25, 0.3) is 0 Å². The van der Waals surface area contributed by atoms with Gasteiger partial charge in [0, 0.05) is 12.0 Å². The van der Waals surface area contributed by atoms with E-state index in [9.17, 15) is 5.21 Å². The first-order valence-electron chi connectivity index (χ1n) is 9.17. The van der Waals surface area contributed by atoms with Crippen LogP contribution in [-0.4, -0.2) is 26.6 Å². The third-order valence-corrected chi connectivity index (χ3v) is 5.44. The van der Waals surface area contributed by atoms with Crippen LogP contribution in [0, 0.1) is 5.21 Å². The van der Waals surface area contributed by atoms with E-state index in [4.69, 9.17) is 4.98 Å². The lowest BCUT2D eigenvalue weighted by molar-refractivity contribution is 0.0260. The quantitative estimate of drug-likeness (QED) is 0.792. The van der Waals surface area contributed by atoms with Crippen LogP contribution >= 0.6 is 0 Å². The van der Waals surface area contributed by atoms with Gasteiger partial charge in [0.2, 0.25) is 0 Å². The molecule has 2 aromatic rings. The standard InChI is InChI=1S/C20H30N3O/c1-14(2)23(24)20(10-6-11-20)12-9-18-21-16-8-7-15(19(3,4)5)13-17(16)22-18/h7-8,13-14H,6,9-12H2,1-5H3,(H,21,22)/q-1. The van der Waals surface area contributed by atoms with Crippen molar-refractivity contribution in [1.29, 1.82) is 0 Å². The van der Waals surface area contributed by atoms with Gasteiger partial charge in [0.1, 0.15) is 5.82 Å². The molecule has 1 heterocycles. The van der Waals surface area contributed by atoms with Crippen molar-refractivity contribution in [3.8, 4) is 0 Å². The fraction of sp³-hybridized carbons (Fsp3) is 0.650. The van der Waals surface area contributed by atoms with Crippen molar-refractivity contribution < 1.29 is 0 Å². The Morgan fingerprint density at radius 1 is 1.29 bits per heavy atom. The maximum atomic E-state index is 12.5. The van der Waals surface area contributed by atoms with Crippen LogP contribution in [0.3, 0.4) is 0 Å². The van der Waals surface area contributed by atoms with Crippen LogP contribution in [0.4, 0.5) is 0 Å². The molecule has 0 amide bonds. The van der Waals surface area contributed by atoms with Gasteiger partial charge in [-0.25, -0.2) is 4.98 Å². The van der Waals surface area contributed by atoms with Crippen molar-refractivity contribution in [3.05, 3.63) is 34.8 Å². The molecule has 1 saturated carbocycles. The largest absolute Gasteiger partial charge is 0.785 e. The summed E-state index contributed by atoms with van der Waals surface area (Å²) in [6.07, 6.45) is 4.93. The number of hydrogen-bond donors (Lipinski definition) is 1. The first kappa shape index (κ1) is 17.4. The Balaban J connectivity index is 1.76. The summed E-state index contributed by atoms with van der Waals surface area (Å²) in [6.45, 7) is 10.6. The Labute approximate surface area is 145 Å². The summed E-state index contributed by atoms with van der Waals surface area (Å²) in [5, 5.41) is 13.8. The number of nitrogens with zero attached hydrogens (tertiary/aromatic N) is 2. The number of rotatable bonds is 5. The molecule has 0 aliphatic heterocycles. The van der Waals surface area contributed by atoms with Crippen molar-refractivity contribution >= 4 is 11.0 Å². The summed E-state index contributed by atoms with van der Waals surface area (Å²) < 4.78 is 0. The lowest BCUT2D eigenvalue weighted by atomic mass is 9.72. The van der Waals surface area contributed by atoms with E-state index >= 15 is 0 Å². The van der Waals surface area contributed by atoms with Crippen molar-refractivity contribution in [2.24, 2.45) is 0 Å². The molecule has 0 spiro atoms. The summed E-state index contributed by atoms with van der Waals surface area (Å²) >= 11 is 0. The highest BCUT2D eigenvalue weighted by atomic mass is 16.5. The highest BCUT2D eigenvalue weighted by Crippen LogP contribution is 2.42. The maximum Gasteiger partial charge on any atom is 0.107 e. The normalized spacial score (nSPS) is 17.7. The molecule has 3 rings (SSSR count). The first-order chi connectivity index (χ1) is 11.2. The number of benzene rings is 1. The van der Waals surface area contributed by atoms with Crippen molar-refractivity contribution in [2.75, 3.05) is 0 Å². The summed E-state index contributed by atoms with van der Waals surface area (Å²) in [5.74, 6) is 1.000. The highest BCUT2D eigenvalue weighted by molar-refractivity contribution is 5.76. The number of aromatic nitrogens is 2. The third kappa shape index (κ3) is 3.22. The molecule has 1 aliphatic rings. The van der Waals surface area contributed by atoms with Gasteiger partial charge in [-0.15, -0.1) is 0 Å². The molecule has 1 fully saturated rings. The lowest BCUT2D eigenvalue weighted by Gasteiger charge is -2.57. The Bertz CT molecular complexity index is 707. The molecular weight excluding hydrogens is 298 g/mol. The number of hydroxylamine groups is 2. The predicted molar refractivity (Wildman–Crippen MR) is 100 cm³/mol. The smallest absolute Gasteiger partial charge is 0.107 e. The van der Waals surface area contributed by atoms with E-state index in [1.165, 1.54) is 17.0 Å². The van der Waals surface area contributed by atoms with Crippen molar-refractivity contribution in [1.82, 2.24) is 15.0 Å². The molecule has 0 saturated heterocycles. The predicted octanol–water partition coefficient (Wildman–Crippen LogP) is 4.92. The Kier molecular flexibility index (Phi) is 4.47. The van der Waals surface area contributed by atoms with E-state index in [1.54, 1.807) is 0 Å². The van der Waals surface area contributed by atoms with Crippen LogP contribution in [0.15, 0.2) is 18.2 Å². The van der Waals surface area contributed by atoms with E-state index in [2.05, 4.69) is 44.0 Å². The van der Waals surface area contributed by atoms with Crippen LogP contribution in [0.2, 0.25) is 0 Å². The lowest BCUT2D eigenvalue weighted by Crippen LogP contribution is -2.53. The Hall–Kier alpha value is -1.39. The molecule has 0 atom stereocenters. The summed E-state index contributed by atoms with van der Waals surface area (Å²) in [6, 6.07) is 6.52. The Morgan fingerprint density at radius 2 is 2.00 bits per heavy atom. The minimum absolute atomic E-state index is 0.0512. The maximum absolute atomic E-state index is 12.5. The summed E-state index contributed by atoms with van der Waals surface area (Å²) in [5.41, 5.74) is 3.40. The van der Waals surface area contributed by atoms with E-state index in [0.717, 1.165) is 42.5 Å². The molecule has 0 bridgehead atoms. The van der Waals surface area contributed by atoms with E-state index in [-0.39, 0.29) is 17.0 Å². The Morgan fingerprint density at radius 3 is 2.54 bits per heavy atom. The molecule has 24 heavy (non-hydrogen) atoms. The van der Waals surface area contributed by atoms with Gasteiger partial charge in [-0.2, -0.15) is 0 Å². The molecule has 1 aromatic heterocycles. The van der Waals surface area contributed by atoms with Gasteiger partial charge in [-0.05, 0) is 54.8 Å². The highest BCUT2D eigenvalue weighted by Gasteiger charge is 2.38. The SMILES string of the molecule is CC(C)N([O-])C1(CCc2nc3ccc(C(C)(C)C)cc3[nH]2)CCC1. The fourth-order valence-corrected chi connectivity index (χ4v) is 3.71. The average molecular weight is 328 g/mol. The molecule has 1 aromatic carbocycles. The summed E-state index contributed by atoms with van der Waals surface area (Å²) in [4.78, 5) is 8.19. The fourth-order valence-electron chi connectivity index (χ4n) is 3.71. The van der Waals surface area contributed by atoms with E-state index in [0.29, 0.717) is 0 Å². The van der Waals surface area contributed by atoms with Crippen molar-refractivity contribution in [2.45, 2.75) is 83.7 Å². The van der Waals surface area contributed by atoms with Gasteiger partial charge < -0.3 is 15.3 Å². The topological polar surface area (TPSA) is 55.0 Å². The molecule has 1 aliphatic carbocycles. The monoisotopic (exact) mass is 328 g/mol. The van der Waals surface area contributed by atoms with Crippen LogP contribution in [0.25, 0.3) is 11.0 Å². The second-order valence-corrected chi connectivity index (χ2v) is 8.66. The van der Waals surface area contributed by atoms with Crippen LogP contribution in [0.5, 0.6) is 0 Å². The summed E-state index contributed by atoms with van der Waals surface area (Å²) in [7, 11) is 0. The van der Waals surface area contributed by atoms with Gasteiger partial charge in [-0.3, -0.25) is 0 Å². The van der Waals surface area contributed by atoms with Crippen LogP contribution < -0.4 is 0 Å². The second kappa shape index (κ2) is 6.16. The minimum atomic E-state index is -0.163. The van der Waals surface area contributed by atoms with Crippen LogP contribution in [-0.2, 0) is 11.8 Å². The van der Waals surface area contributed by atoms with Gasteiger partial charge >= 0.3 is 0 Å². The minimum Gasteiger partial charge on any atom is -0.785 e. The molecule has 0 radical (unpaired) electrons. The number of imidazole rings is 1.